The van der Waals surface area contributed by atoms with Crippen LogP contribution >= 0.6 is 0 Å². The van der Waals surface area contributed by atoms with Gasteiger partial charge in [-0.15, -0.1) is 0 Å². The predicted molar refractivity (Wildman–Crippen MR) is 283 cm³/mol. The van der Waals surface area contributed by atoms with Gasteiger partial charge >= 0.3 is 5.97 Å². The van der Waals surface area contributed by atoms with E-state index in [0.717, 1.165) is 18.4 Å². The van der Waals surface area contributed by atoms with Gasteiger partial charge in [0, 0.05) is 64.4 Å². The van der Waals surface area contributed by atoms with Crippen molar-refractivity contribution < 1.29 is 67.1 Å². The highest BCUT2D eigenvalue weighted by molar-refractivity contribution is 5.94. The van der Waals surface area contributed by atoms with Gasteiger partial charge in [0.2, 0.25) is 29.5 Å². The van der Waals surface area contributed by atoms with Crippen molar-refractivity contribution in [3.05, 3.63) is 35.9 Å². The summed E-state index contributed by atoms with van der Waals surface area (Å²) in [5.41, 5.74) is -1.06. The van der Waals surface area contributed by atoms with Crippen molar-refractivity contribution in [2.45, 2.75) is 156 Å². The van der Waals surface area contributed by atoms with Crippen LogP contribution in [0.4, 0.5) is 0 Å². The second-order valence-electron chi connectivity index (χ2n) is 21.2. The molecular weight excluding hydrogens is 967 g/mol. The molecule has 3 rings (SSSR count). The molecule has 0 radical (unpaired) electrons. The van der Waals surface area contributed by atoms with Gasteiger partial charge in [-0.05, 0) is 56.4 Å². The van der Waals surface area contributed by atoms with E-state index < -0.39 is 53.0 Å². The fourth-order valence-corrected chi connectivity index (χ4v) is 10.2. The van der Waals surface area contributed by atoms with Crippen molar-refractivity contribution in [3.8, 4) is 0 Å². The molecule has 9 atom stereocenters. The molecule has 2 fully saturated rings. The third-order valence-electron chi connectivity index (χ3n) is 15.6. The SMILES string of the molecule is CCC(=O)CCOCCOCCOCCOCCOCCC(=O)N(C)C(C)(C)C(=O)N[C@H](C(=O)N(C)C([C@@H](C)CC)[C@@H](CC(=O)N1CCCC1C1([C@@H](C)C(=O)N[C@@H](Cc2ccccc2)C(=O)O)CC1C)OC)C(C)C. The molecule has 1 aromatic rings. The molecule has 19 heteroatoms. The highest BCUT2D eigenvalue weighted by atomic mass is 16.6. The highest BCUT2D eigenvalue weighted by Crippen LogP contribution is 2.63. The lowest BCUT2D eigenvalue weighted by atomic mass is 9.79. The first-order valence-corrected chi connectivity index (χ1v) is 27.2. The molecule has 1 aliphatic heterocycles. The Morgan fingerprint density at radius 2 is 1.35 bits per heavy atom. The van der Waals surface area contributed by atoms with E-state index in [4.69, 9.17) is 28.4 Å². The number of carbonyl (C=O) groups is 7. The number of carbonyl (C=O) groups excluding carboxylic acids is 6. The Hall–Kier alpha value is -4.53. The van der Waals surface area contributed by atoms with E-state index in [1.54, 1.807) is 32.8 Å². The smallest absolute Gasteiger partial charge is 0.326 e. The van der Waals surface area contributed by atoms with E-state index in [2.05, 4.69) is 17.6 Å². The zero-order valence-corrected chi connectivity index (χ0v) is 47.3. The molecule has 19 nitrogen and oxygen atoms in total. The number of rotatable bonds is 38. The second kappa shape index (κ2) is 32.3. The average molecular weight is 1060 g/mol. The molecular formula is C56H93N5O14. The molecule has 1 saturated carbocycles. The van der Waals surface area contributed by atoms with Gasteiger partial charge in [0.25, 0.3) is 0 Å². The molecule has 1 saturated heterocycles. The molecule has 426 valence electrons. The monoisotopic (exact) mass is 1060 g/mol. The Bertz CT molecular complexity index is 1960. The minimum absolute atomic E-state index is 0.0203. The van der Waals surface area contributed by atoms with Crippen molar-refractivity contribution in [1.29, 1.82) is 0 Å². The summed E-state index contributed by atoms with van der Waals surface area (Å²) in [5, 5.41) is 15.8. The molecule has 0 spiro atoms. The van der Waals surface area contributed by atoms with Crippen LogP contribution in [0.3, 0.4) is 0 Å². The van der Waals surface area contributed by atoms with Gasteiger partial charge in [-0.2, -0.15) is 0 Å². The number of ketones is 1. The lowest BCUT2D eigenvalue weighted by Crippen LogP contribution is -2.62. The van der Waals surface area contributed by atoms with E-state index in [0.29, 0.717) is 85.1 Å². The number of nitrogens with one attached hydrogen (secondary N) is 2. The van der Waals surface area contributed by atoms with Crippen LogP contribution in [0, 0.1) is 29.1 Å². The van der Waals surface area contributed by atoms with Crippen LogP contribution in [0.25, 0.3) is 0 Å². The van der Waals surface area contributed by atoms with Crippen LogP contribution in [0.5, 0.6) is 0 Å². The second-order valence-corrected chi connectivity index (χ2v) is 21.2. The van der Waals surface area contributed by atoms with Crippen LogP contribution in [-0.4, -0.2) is 191 Å². The normalized spacial score (nSPS) is 19.9. The molecule has 0 bridgehead atoms. The van der Waals surface area contributed by atoms with E-state index in [-0.39, 0.29) is 85.7 Å². The topological polar surface area (TPSA) is 229 Å². The van der Waals surface area contributed by atoms with Gasteiger partial charge in [-0.25, -0.2) is 4.79 Å². The van der Waals surface area contributed by atoms with Crippen LogP contribution in [0.2, 0.25) is 0 Å². The number of carboxylic acids is 1. The number of carboxylic acid groups (broad SMARTS) is 1. The summed E-state index contributed by atoms with van der Waals surface area (Å²) in [5.74, 6) is -3.48. The van der Waals surface area contributed by atoms with Crippen molar-refractivity contribution in [3.63, 3.8) is 0 Å². The standard InChI is InChI=1S/C56H93N5O14/c1-13-39(5)50(45(70-12)36-48(64)61-24-18-21-46(61)56(37-40(56)6)41(7)51(65)57-44(53(67)68)35-42-19-16-15-17-20-42)59(10)52(66)49(38(3)4)58-54(69)55(8,9)60(11)47(63)23-26-72-28-30-74-32-34-75-33-31-73-29-27-71-25-22-43(62)14-2/h15-17,19-20,38-41,44-46,49-50H,13-14,18,21-37H2,1-12H3,(H,57,65)(H,58,69)(H,67,68)/t39-,40?,41-,44-,45+,46?,49-,50?,56?/m0/s1. The number of methoxy groups -OCH3 is 1. The van der Waals surface area contributed by atoms with Gasteiger partial charge < -0.3 is 58.9 Å². The van der Waals surface area contributed by atoms with Crippen molar-refractivity contribution >= 4 is 41.3 Å². The van der Waals surface area contributed by atoms with Crippen LogP contribution < -0.4 is 10.6 Å². The lowest BCUT2D eigenvalue weighted by Gasteiger charge is -2.42. The van der Waals surface area contributed by atoms with Crippen molar-refractivity contribution in [2.75, 3.05) is 93.8 Å². The number of ether oxygens (including phenoxy) is 6. The maximum absolute atomic E-state index is 14.6. The first-order valence-electron chi connectivity index (χ1n) is 27.2. The Morgan fingerprint density at radius 3 is 1.83 bits per heavy atom. The first-order chi connectivity index (χ1) is 35.6. The zero-order valence-electron chi connectivity index (χ0n) is 47.3. The average Bonchev–Trinajstić information content (AvgIpc) is 3.80. The lowest BCUT2D eigenvalue weighted by molar-refractivity contribution is -0.149. The van der Waals surface area contributed by atoms with Crippen molar-refractivity contribution in [2.24, 2.45) is 29.1 Å². The summed E-state index contributed by atoms with van der Waals surface area (Å²) in [4.78, 5) is 98.9. The summed E-state index contributed by atoms with van der Waals surface area (Å²) in [7, 11) is 4.76. The Morgan fingerprint density at radius 1 is 0.813 bits per heavy atom. The van der Waals surface area contributed by atoms with Gasteiger partial charge in [0.15, 0.2) is 0 Å². The maximum atomic E-state index is 14.6. The maximum Gasteiger partial charge on any atom is 0.326 e. The number of benzene rings is 1. The summed E-state index contributed by atoms with van der Waals surface area (Å²) >= 11 is 0. The largest absolute Gasteiger partial charge is 0.480 e. The fourth-order valence-electron chi connectivity index (χ4n) is 10.2. The molecule has 3 N–H and O–H groups in total. The number of Topliss-reactive ketones (excluding diaryl/α,β-unsaturated/α-hetero) is 1. The first kappa shape index (κ1) is 64.8. The molecule has 2 aliphatic rings. The highest BCUT2D eigenvalue weighted by Gasteiger charge is 2.64. The van der Waals surface area contributed by atoms with Gasteiger partial charge in [-0.1, -0.05) is 85.2 Å². The molecule has 5 amide bonds. The van der Waals surface area contributed by atoms with Gasteiger partial charge in [-0.3, -0.25) is 28.8 Å². The van der Waals surface area contributed by atoms with E-state index in [1.807, 2.05) is 76.8 Å². The van der Waals surface area contributed by atoms with Crippen molar-refractivity contribution in [1.82, 2.24) is 25.3 Å². The Labute approximate surface area is 447 Å². The van der Waals surface area contributed by atoms with E-state index in [1.165, 1.54) is 12.0 Å². The van der Waals surface area contributed by atoms with Crippen LogP contribution in [0.1, 0.15) is 119 Å². The molecule has 75 heavy (non-hydrogen) atoms. The molecule has 1 heterocycles. The minimum Gasteiger partial charge on any atom is -0.480 e. The van der Waals surface area contributed by atoms with E-state index in [9.17, 15) is 38.7 Å². The molecule has 0 aromatic heterocycles. The number of nitrogens with zero attached hydrogens (tertiary/aromatic N) is 3. The predicted octanol–water partition coefficient (Wildman–Crippen LogP) is 4.95. The van der Waals surface area contributed by atoms with Gasteiger partial charge in [0.1, 0.15) is 23.4 Å². The van der Waals surface area contributed by atoms with Gasteiger partial charge in [0.05, 0.1) is 91.1 Å². The summed E-state index contributed by atoms with van der Waals surface area (Å²) < 4.78 is 33.6. The summed E-state index contributed by atoms with van der Waals surface area (Å²) in [6.07, 6.45) is 3.24. The number of hydrogen-bond acceptors (Lipinski definition) is 13. The number of likely N-dealkylation sites (N-methyl/N-ethyl adjacent to an activating group) is 2. The third kappa shape index (κ3) is 19.2. The minimum atomic E-state index is -1.33. The Balaban J connectivity index is 1.53. The number of hydrogen-bond donors (Lipinski definition) is 3. The third-order valence-corrected chi connectivity index (χ3v) is 15.6. The molecule has 1 aromatic carbocycles. The fraction of sp³-hybridized carbons (Fsp3) is 0.768. The quantitative estimate of drug-likeness (QED) is 0.0745. The van der Waals surface area contributed by atoms with Crippen LogP contribution in [0.15, 0.2) is 30.3 Å². The summed E-state index contributed by atoms with van der Waals surface area (Å²) in [6, 6.07) is 6.32. The zero-order chi connectivity index (χ0) is 55.9. The van der Waals surface area contributed by atoms with Crippen LogP contribution in [-0.2, 0) is 68.4 Å². The molecule has 1 aliphatic carbocycles. The summed E-state index contributed by atoms with van der Waals surface area (Å²) in [6.45, 7) is 20.7. The Kier molecular flexibility index (Phi) is 27.9. The number of likely N-dealkylation sites (tertiary alicyclic amines) is 1. The van der Waals surface area contributed by atoms with E-state index >= 15 is 0 Å². The number of aliphatic carboxylic acids is 1. The number of amides is 5. The molecule has 4 unspecified atom stereocenters.